The van der Waals surface area contributed by atoms with Crippen LogP contribution in [-0.4, -0.2) is 72.8 Å². The normalized spacial score (nSPS) is 14.6. The van der Waals surface area contributed by atoms with Crippen molar-refractivity contribution in [2.75, 3.05) is 52.6 Å². The molecule has 0 aliphatic carbocycles. The van der Waals surface area contributed by atoms with Gasteiger partial charge in [-0.25, -0.2) is 8.78 Å². The number of nitrogens with one attached hydrogen (secondary N) is 1. The molecular formula is C35H42F2N4OS. The molecule has 228 valence electrons. The summed E-state index contributed by atoms with van der Waals surface area (Å²) in [7, 11) is 3.96. The number of likely N-dealkylation sites (N-methyl/N-ethyl adjacent to an activating group) is 1. The lowest BCUT2D eigenvalue weighted by atomic mass is 9.87. The number of aromatic nitrogens is 1. The molecule has 43 heavy (non-hydrogen) atoms. The summed E-state index contributed by atoms with van der Waals surface area (Å²) in [5.74, 6) is 0.900. The number of hydrogen-bond acceptors (Lipinski definition) is 4. The molecule has 1 fully saturated rings. The predicted octanol–water partition coefficient (Wildman–Crippen LogP) is 7.12. The first-order valence-electron chi connectivity index (χ1n) is 15.3. The van der Waals surface area contributed by atoms with Crippen LogP contribution in [0.2, 0.25) is 0 Å². The number of amides is 1. The molecule has 1 amide bonds. The zero-order chi connectivity index (χ0) is 30.3. The van der Waals surface area contributed by atoms with Crippen LogP contribution >= 0.6 is 11.8 Å². The number of nitrogens with zero attached hydrogens (tertiary/aromatic N) is 3. The molecule has 1 saturated heterocycles. The van der Waals surface area contributed by atoms with Crippen LogP contribution in [0.4, 0.5) is 8.78 Å². The molecule has 4 aromatic rings. The van der Waals surface area contributed by atoms with E-state index in [9.17, 15) is 13.6 Å². The number of piperidine rings is 1. The van der Waals surface area contributed by atoms with Crippen LogP contribution in [0.25, 0.3) is 16.6 Å². The molecule has 0 unspecified atom stereocenters. The molecule has 0 spiro atoms. The van der Waals surface area contributed by atoms with Gasteiger partial charge in [0.1, 0.15) is 11.6 Å². The van der Waals surface area contributed by atoms with E-state index in [1.165, 1.54) is 23.4 Å². The second-order valence-corrected chi connectivity index (χ2v) is 12.8. The van der Waals surface area contributed by atoms with Gasteiger partial charge in [-0.3, -0.25) is 4.79 Å². The second-order valence-electron chi connectivity index (χ2n) is 11.6. The van der Waals surface area contributed by atoms with E-state index >= 15 is 0 Å². The second kappa shape index (κ2) is 14.5. The van der Waals surface area contributed by atoms with E-state index in [2.05, 4.69) is 21.7 Å². The van der Waals surface area contributed by atoms with Crippen LogP contribution < -0.4 is 5.32 Å². The van der Waals surface area contributed by atoms with Crippen molar-refractivity contribution in [1.29, 1.82) is 0 Å². The van der Waals surface area contributed by atoms with Gasteiger partial charge in [0, 0.05) is 40.3 Å². The van der Waals surface area contributed by atoms with Crippen molar-refractivity contribution in [2.45, 2.75) is 43.4 Å². The van der Waals surface area contributed by atoms with Crippen molar-refractivity contribution < 1.29 is 13.6 Å². The number of likely N-dealkylation sites (tertiary alicyclic amines) is 1. The third kappa shape index (κ3) is 7.66. The van der Waals surface area contributed by atoms with Gasteiger partial charge in [-0.2, -0.15) is 0 Å². The standard InChI is InChI=1S/C35H42F2N4OS/c1-4-32-34(25-16-20-40(21-17-25)19-5-23-43-30-13-8-27(36)9-14-30)31-15-10-28(37)24-33(31)41(32)29-11-6-26(7-12-29)35(42)38-18-22-39(2)3/h6-15,24-25H,4-5,16-23H2,1-3H3,(H,38,42). The van der Waals surface area contributed by atoms with Crippen LogP contribution in [0.15, 0.2) is 71.6 Å². The largest absolute Gasteiger partial charge is 0.351 e. The van der Waals surface area contributed by atoms with E-state index in [0.29, 0.717) is 18.0 Å². The maximum atomic E-state index is 14.6. The third-order valence-electron chi connectivity index (χ3n) is 8.34. The average molecular weight is 605 g/mol. The summed E-state index contributed by atoms with van der Waals surface area (Å²) in [6.45, 7) is 6.69. The lowest BCUT2D eigenvalue weighted by Gasteiger charge is -2.32. The van der Waals surface area contributed by atoms with Crippen LogP contribution in [0.1, 0.15) is 53.7 Å². The van der Waals surface area contributed by atoms with Gasteiger partial charge in [0.25, 0.3) is 5.91 Å². The first-order chi connectivity index (χ1) is 20.8. The highest BCUT2D eigenvalue weighted by molar-refractivity contribution is 7.99. The van der Waals surface area contributed by atoms with Crippen molar-refractivity contribution in [3.8, 4) is 5.69 Å². The molecule has 5 nitrogen and oxygen atoms in total. The Labute approximate surface area is 258 Å². The molecule has 0 radical (unpaired) electrons. The Morgan fingerprint density at radius 1 is 0.977 bits per heavy atom. The van der Waals surface area contributed by atoms with Gasteiger partial charge in [-0.1, -0.05) is 6.92 Å². The number of thioether (sulfide) groups is 1. The Morgan fingerprint density at radius 2 is 1.67 bits per heavy atom. The highest BCUT2D eigenvalue weighted by Crippen LogP contribution is 2.40. The zero-order valence-corrected chi connectivity index (χ0v) is 26.2. The highest BCUT2D eigenvalue weighted by Gasteiger charge is 2.27. The van der Waals surface area contributed by atoms with Crippen LogP contribution in [0.5, 0.6) is 0 Å². The fraction of sp³-hybridized carbons (Fsp3) is 0.400. The number of fused-ring (bicyclic) bond motifs is 1. The summed E-state index contributed by atoms with van der Waals surface area (Å²) in [6, 6.07) is 19.6. The minimum atomic E-state index is -0.245. The molecule has 0 saturated carbocycles. The van der Waals surface area contributed by atoms with Crippen LogP contribution in [0.3, 0.4) is 0 Å². The first-order valence-corrected chi connectivity index (χ1v) is 16.3. The van der Waals surface area contributed by atoms with E-state index < -0.39 is 0 Å². The molecule has 5 rings (SSSR count). The van der Waals surface area contributed by atoms with Crippen LogP contribution in [0, 0.1) is 11.6 Å². The van der Waals surface area contributed by atoms with E-state index in [0.717, 1.165) is 79.1 Å². The molecule has 0 atom stereocenters. The predicted molar refractivity (Wildman–Crippen MR) is 174 cm³/mol. The Kier molecular flexibility index (Phi) is 10.5. The van der Waals surface area contributed by atoms with Crippen molar-refractivity contribution in [2.24, 2.45) is 0 Å². The summed E-state index contributed by atoms with van der Waals surface area (Å²) in [5.41, 5.74) is 5.01. The van der Waals surface area contributed by atoms with Gasteiger partial charge in [-0.05, 0) is 143 Å². The number of hydrogen-bond donors (Lipinski definition) is 1. The number of halogens is 2. The van der Waals surface area contributed by atoms with Gasteiger partial charge in [0.05, 0.1) is 5.52 Å². The monoisotopic (exact) mass is 604 g/mol. The Bertz CT molecular complexity index is 1510. The fourth-order valence-corrected chi connectivity index (χ4v) is 6.99. The topological polar surface area (TPSA) is 40.5 Å². The van der Waals surface area contributed by atoms with Gasteiger partial charge in [-0.15, -0.1) is 11.8 Å². The molecule has 1 aliphatic heterocycles. The Balaban J connectivity index is 1.28. The molecule has 0 bridgehead atoms. The van der Waals surface area contributed by atoms with Crippen molar-refractivity contribution in [1.82, 2.24) is 19.7 Å². The van der Waals surface area contributed by atoms with E-state index in [-0.39, 0.29) is 17.5 Å². The Hall–Kier alpha value is -3.20. The molecule has 8 heteroatoms. The summed E-state index contributed by atoms with van der Waals surface area (Å²) < 4.78 is 29.9. The van der Waals surface area contributed by atoms with Gasteiger partial charge >= 0.3 is 0 Å². The lowest BCUT2D eigenvalue weighted by molar-refractivity contribution is 0.0951. The molecule has 1 aliphatic rings. The number of rotatable bonds is 12. The molecule has 2 heterocycles. The van der Waals surface area contributed by atoms with E-state index in [1.54, 1.807) is 23.9 Å². The van der Waals surface area contributed by atoms with Gasteiger partial charge in [0.15, 0.2) is 0 Å². The molecule has 3 aromatic carbocycles. The van der Waals surface area contributed by atoms with Crippen molar-refractivity contribution in [3.05, 3.63) is 95.2 Å². The van der Waals surface area contributed by atoms with Gasteiger partial charge in [0.2, 0.25) is 0 Å². The van der Waals surface area contributed by atoms with Crippen molar-refractivity contribution in [3.63, 3.8) is 0 Å². The average Bonchev–Trinajstić information content (AvgIpc) is 3.33. The smallest absolute Gasteiger partial charge is 0.251 e. The number of carbonyl (C=O) groups is 1. The van der Waals surface area contributed by atoms with E-state index in [4.69, 9.17) is 0 Å². The summed E-state index contributed by atoms with van der Waals surface area (Å²) in [5, 5.41) is 4.09. The highest BCUT2D eigenvalue weighted by atomic mass is 32.2. The number of benzene rings is 3. The molecular weight excluding hydrogens is 562 g/mol. The van der Waals surface area contributed by atoms with Gasteiger partial charge < -0.3 is 19.7 Å². The fourth-order valence-electron chi connectivity index (χ4n) is 6.15. The van der Waals surface area contributed by atoms with Crippen molar-refractivity contribution >= 4 is 28.6 Å². The number of carbonyl (C=O) groups excluding carboxylic acids is 1. The minimum absolute atomic E-state index is 0.0889. The lowest BCUT2D eigenvalue weighted by Crippen LogP contribution is -2.34. The summed E-state index contributed by atoms with van der Waals surface area (Å²) in [4.78, 5) is 18.3. The maximum absolute atomic E-state index is 14.6. The van der Waals surface area contributed by atoms with E-state index in [1.807, 2.05) is 61.5 Å². The SMILES string of the molecule is CCc1c(C2CCN(CCCSc3ccc(F)cc3)CC2)c2ccc(F)cc2n1-c1ccc(C(=O)NCCN(C)C)cc1. The first kappa shape index (κ1) is 31.2. The van der Waals surface area contributed by atoms with Crippen LogP contribution in [-0.2, 0) is 6.42 Å². The third-order valence-corrected chi connectivity index (χ3v) is 9.43. The summed E-state index contributed by atoms with van der Waals surface area (Å²) >= 11 is 1.78. The molecule has 1 aromatic heterocycles. The Morgan fingerprint density at radius 3 is 2.35 bits per heavy atom. The maximum Gasteiger partial charge on any atom is 0.251 e. The minimum Gasteiger partial charge on any atom is -0.351 e. The summed E-state index contributed by atoms with van der Waals surface area (Å²) in [6.07, 6.45) is 4.07. The quantitative estimate of drug-likeness (QED) is 0.138. The zero-order valence-electron chi connectivity index (χ0n) is 25.4. The molecule has 1 N–H and O–H groups in total.